The highest BCUT2D eigenvalue weighted by molar-refractivity contribution is 6.32. The summed E-state index contributed by atoms with van der Waals surface area (Å²) in [4.78, 5) is 152. The molecule has 18 rings (SSSR count). The number of nitrogens with two attached hydrogens (primary N) is 1. The lowest BCUT2D eigenvalue weighted by atomic mass is 9.51. The van der Waals surface area contributed by atoms with Crippen molar-refractivity contribution < 1.29 is 127 Å². The molecule has 5 aliphatic carbocycles. The topological polar surface area (TPSA) is 528 Å². The van der Waals surface area contributed by atoms with E-state index in [-0.39, 0.29) is 127 Å². The Kier molecular flexibility index (Phi) is 27.7. The predicted octanol–water partition coefficient (Wildman–Crippen LogP) is 7.32. The quantitative estimate of drug-likeness (QED) is 0.0248. The van der Waals surface area contributed by atoms with E-state index in [0.717, 1.165) is 50.3 Å². The Bertz CT molecular complexity index is 5320. The summed E-state index contributed by atoms with van der Waals surface area (Å²) >= 11 is 14.6. The number of phenols is 1. The second-order valence-electron chi connectivity index (χ2n) is 36.5. The number of anilines is 1. The van der Waals surface area contributed by atoms with Crippen LogP contribution in [-0.4, -0.2) is 191 Å². The second kappa shape index (κ2) is 38.3. The number of aliphatic hydroxyl groups excluding tert-OH is 6. The molecule has 7 aliphatic heterocycles. The van der Waals surface area contributed by atoms with Gasteiger partial charge in [0.1, 0.15) is 77.7 Å². The number of amides is 8. The van der Waals surface area contributed by atoms with Gasteiger partial charge in [-0.25, -0.2) is 4.79 Å². The van der Waals surface area contributed by atoms with Crippen molar-refractivity contribution in [3.8, 4) is 51.4 Å². The molecule has 36 heteroatoms. The van der Waals surface area contributed by atoms with Gasteiger partial charge in [-0.2, -0.15) is 0 Å². The molecule has 0 aromatic heterocycles. The van der Waals surface area contributed by atoms with E-state index in [0.29, 0.717) is 37.0 Å². The van der Waals surface area contributed by atoms with Crippen LogP contribution in [0.1, 0.15) is 194 Å². The molecule has 2 saturated heterocycles. The summed E-state index contributed by atoms with van der Waals surface area (Å²) in [5, 5.41) is 126. The van der Waals surface area contributed by atoms with Crippen LogP contribution < -0.4 is 61.9 Å². The first-order valence-electron chi connectivity index (χ1n) is 43.7. The summed E-state index contributed by atoms with van der Waals surface area (Å²) in [6.07, 6.45) is -15.3. The molecular weight excluding hydrogens is 1720 g/mol. The number of aliphatic hydroxyl groups is 8. The van der Waals surface area contributed by atoms with Gasteiger partial charge >= 0.3 is 6.03 Å². The van der Waals surface area contributed by atoms with Crippen molar-refractivity contribution in [2.75, 3.05) is 25.1 Å². The van der Waals surface area contributed by atoms with Crippen molar-refractivity contribution in [1.82, 2.24) is 31.9 Å². The fourth-order valence-electron chi connectivity index (χ4n) is 20.3. The van der Waals surface area contributed by atoms with Gasteiger partial charge in [0, 0.05) is 73.8 Å². The molecule has 4 saturated carbocycles. The van der Waals surface area contributed by atoms with Crippen LogP contribution in [0.2, 0.25) is 10.0 Å². The standard InChI is InChI=1S/C93H108Cl2N8O26/c1-7-45(21-40(2)3)86(116)102-77-64(107)30-52(33-72(110)99-91(120)98-53-12-14-55(15-13-53)123-20-8-19-97-42(5)105)87(117)100-75-51-31-69(125-67-17-10-47(79(77)111)28-62(67)94)83(129-90-84(82(114)81(113)71(39-104)127-90)128-73-38-92(6,96)85(115)41(4)124-73)70(32-51)126-68-18-11-48(29-63(68)95)80(112)78-89(119)101-76(66(109)36-56-49-23-43-22-44(25-49)26-50(56)24-43)59-34-54(106)35-61-74(59)58-27-46(9-16-60(58)93(61,121)122)57(37-65(75)108)88(118)103-78/h9-18,27-29,31-32,34-35,40-41,43-45,49-50,52,56-57,71,73,75-82,84-85,90,104,106,111-115,121-122H,7-8,19-26,30,33,36-39,96H2,1-6H3,(H,97,105)(H,100,117)(H,101,119)(H,102,116)(H,103,118)(H2,98,99,110,120)/t41-,43?,44?,45+,49?,50?,52-,56?,57+,71+,73-,75+,76-,77-,78-,79+,80+,81+,82-,84+,85+,90-,92-/m0/s1. The van der Waals surface area contributed by atoms with E-state index in [1.807, 2.05) is 13.8 Å². The molecule has 0 spiro atoms. The molecule has 18 N–H and O–H groups in total. The summed E-state index contributed by atoms with van der Waals surface area (Å²) in [5.74, 6) is -17.8. The lowest BCUT2D eigenvalue weighted by Crippen LogP contribution is -2.64. The number of urea groups is 1. The van der Waals surface area contributed by atoms with Crippen molar-refractivity contribution in [1.29, 1.82) is 0 Å². The van der Waals surface area contributed by atoms with E-state index in [2.05, 4.69) is 37.2 Å². The molecule has 0 radical (unpaired) electrons. The zero-order valence-corrected chi connectivity index (χ0v) is 73.2. The van der Waals surface area contributed by atoms with Gasteiger partial charge in [-0.15, -0.1) is 0 Å². The third-order valence-electron chi connectivity index (χ3n) is 26.7. The Morgan fingerprint density at radius 3 is 1.98 bits per heavy atom. The van der Waals surface area contributed by atoms with E-state index in [4.69, 9.17) is 62.1 Å². The van der Waals surface area contributed by atoms with Crippen LogP contribution in [0.3, 0.4) is 0 Å². The average molecular weight is 1820 g/mol. The summed E-state index contributed by atoms with van der Waals surface area (Å²) in [6.45, 7) is 9.49. The van der Waals surface area contributed by atoms with Crippen molar-refractivity contribution in [3.05, 3.63) is 152 Å². The van der Waals surface area contributed by atoms with Crippen LogP contribution >= 0.6 is 23.2 Å². The Balaban J connectivity index is 0.900. The molecule has 15 bridgehead atoms. The molecule has 6 fully saturated rings. The number of fused-ring (bicyclic) bond motifs is 12. The molecule has 8 amide bonds. The number of ketones is 3. The maximum Gasteiger partial charge on any atom is 0.325 e. The SMILES string of the molecule is CC[C@H](CC(C)C)C(=O)N[C@H]1C(=O)C[C@@H](CC(=O)NC(=O)Nc2ccc(OCCCNC(C)=O)cc2)C(=O)N[C@H]2C(=O)C[C@H]3C(=O)N[C@H](C(=O)N[C@H](C(=O)CC4C5CC6CC(C5)CC4C6)c4cc(O)cc5c4-c4cc3ccc4C5(O)O)[C@H](O)c3ccc(c(Cl)c3)Oc3cc2cc(c3O[C@@H]2O[C@H](CO)[C@@H](O)[C@H](O)[C@H]2O[C@H]2C[C@](C)(N)[C@H](O)[C@H](C)O2)Oc2ccc(cc2Cl)[C@H]1O. The number of nitrogens with one attached hydrogen (secondary N) is 7. The smallest absolute Gasteiger partial charge is 0.325 e. The number of rotatable bonds is 21. The third kappa shape index (κ3) is 19.9. The number of ether oxygens (including phenoxy) is 7. The molecule has 690 valence electrons. The Morgan fingerprint density at radius 2 is 1.36 bits per heavy atom. The largest absolute Gasteiger partial charge is 0.508 e. The normalized spacial score (nSPS) is 30.5. The molecule has 7 heterocycles. The molecule has 6 aromatic carbocycles. The number of hydrogen-bond acceptors (Lipinski definition) is 27. The lowest BCUT2D eigenvalue weighted by Gasteiger charge is -2.54. The minimum atomic E-state index is -2.96. The number of halogens is 2. The van der Waals surface area contributed by atoms with Crippen molar-refractivity contribution in [3.63, 3.8) is 0 Å². The Hall–Kier alpha value is -10.3. The number of benzene rings is 6. The molecule has 18 atom stereocenters. The number of imide groups is 1. The second-order valence-corrected chi connectivity index (χ2v) is 37.3. The van der Waals surface area contributed by atoms with Crippen molar-refractivity contribution in [2.24, 2.45) is 53.1 Å². The molecule has 34 nitrogen and oxygen atoms in total. The number of hydrogen-bond donors (Lipinski definition) is 17. The van der Waals surface area contributed by atoms with Crippen LogP contribution in [-0.2, 0) is 63.1 Å². The zero-order chi connectivity index (χ0) is 92.3. The van der Waals surface area contributed by atoms with Crippen LogP contribution in [0.15, 0.2) is 103 Å². The summed E-state index contributed by atoms with van der Waals surface area (Å²) in [7, 11) is 0. The van der Waals surface area contributed by atoms with Crippen LogP contribution in [0.4, 0.5) is 10.5 Å². The monoisotopic (exact) mass is 1820 g/mol. The highest BCUT2D eigenvalue weighted by Crippen LogP contribution is 2.59. The fraction of sp³-hybridized carbons (Fsp3) is 0.505. The van der Waals surface area contributed by atoms with Crippen LogP contribution in [0, 0.1) is 47.3 Å². The maximum absolute atomic E-state index is 16.9. The number of phenolic OH excluding ortho intramolecular Hbond substituents is 1. The zero-order valence-electron chi connectivity index (χ0n) is 71.7. The minimum Gasteiger partial charge on any atom is -0.508 e. The molecule has 129 heavy (non-hydrogen) atoms. The Morgan fingerprint density at radius 1 is 0.705 bits per heavy atom. The average Bonchev–Trinajstić information content (AvgIpc) is 1.52. The molecule has 12 aliphatic rings. The van der Waals surface area contributed by atoms with Crippen LogP contribution in [0.5, 0.6) is 40.2 Å². The maximum atomic E-state index is 16.9. The van der Waals surface area contributed by atoms with E-state index in [9.17, 15) is 65.1 Å². The number of carbonyl (C=O) groups is 10. The first-order valence-corrected chi connectivity index (χ1v) is 44.5. The Labute approximate surface area is 752 Å². The molecular formula is C93H108Cl2N8O26. The highest BCUT2D eigenvalue weighted by Gasteiger charge is 2.54. The predicted molar refractivity (Wildman–Crippen MR) is 461 cm³/mol. The van der Waals surface area contributed by atoms with Gasteiger partial charge in [-0.05, 0) is 219 Å². The summed E-state index contributed by atoms with van der Waals surface area (Å²) in [6, 6.07) is 12.4. The van der Waals surface area contributed by atoms with E-state index >= 15 is 28.8 Å². The van der Waals surface area contributed by atoms with Gasteiger partial charge < -0.3 is 117 Å². The van der Waals surface area contributed by atoms with Crippen molar-refractivity contribution >= 4 is 87.7 Å². The van der Waals surface area contributed by atoms with Crippen LogP contribution in [0.25, 0.3) is 11.1 Å². The molecule has 0 unspecified atom stereocenters. The van der Waals surface area contributed by atoms with E-state index in [1.54, 1.807) is 6.92 Å². The summed E-state index contributed by atoms with van der Waals surface area (Å²) in [5.41, 5.74) is 3.77. The highest BCUT2D eigenvalue weighted by atomic mass is 35.5. The van der Waals surface area contributed by atoms with Gasteiger partial charge in [0.15, 0.2) is 41.2 Å². The third-order valence-corrected chi connectivity index (χ3v) is 27.2. The van der Waals surface area contributed by atoms with Gasteiger partial charge in [0.2, 0.25) is 53.3 Å². The number of carbonyl (C=O) groups excluding carboxylic acids is 10. The fourth-order valence-corrected chi connectivity index (χ4v) is 20.7. The molecule has 6 aromatic rings. The van der Waals surface area contributed by atoms with E-state index < -0.39 is 222 Å². The van der Waals surface area contributed by atoms with Gasteiger partial charge in [0.25, 0.3) is 0 Å². The number of aromatic hydroxyl groups is 1. The van der Waals surface area contributed by atoms with Gasteiger partial charge in [-0.3, -0.25) is 48.5 Å². The van der Waals surface area contributed by atoms with Gasteiger partial charge in [-0.1, -0.05) is 68.2 Å². The first-order chi connectivity index (χ1) is 61.3. The van der Waals surface area contributed by atoms with Gasteiger partial charge in [0.05, 0.1) is 47.3 Å². The summed E-state index contributed by atoms with van der Waals surface area (Å²) < 4.78 is 45.1. The number of Topliss-reactive ketones (excluding diaryl/α,β-unsaturated/α-hetero) is 3. The lowest BCUT2D eigenvalue weighted by molar-refractivity contribution is -0.333. The first kappa shape index (κ1) is 93.4. The minimum absolute atomic E-state index is 0.0359. The van der Waals surface area contributed by atoms with Crippen molar-refractivity contribution in [2.45, 2.75) is 228 Å². The van der Waals surface area contributed by atoms with E-state index in [1.165, 1.54) is 106 Å².